The third kappa shape index (κ3) is 9.75. The number of nitrogens with zero attached hydrogens (tertiary/aromatic N) is 1. The molecule has 0 radical (unpaired) electrons. The maximum atomic E-state index is 9.34. The fraction of sp³-hybridized carbons (Fsp3) is 0. The van der Waals surface area contributed by atoms with E-state index in [1.54, 1.807) is 0 Å². The van der Waals surface area contributed by atoms with E-state index in [2.05, 4.69) is 4.18 Å². The molecule has 0 aliphatic carbocycles. The van der Waals surface area contributed by atoms with Crippen LogP contribution in [0, 0.1) is 52.4 Å². The SMILES string of the molecule is N#COS(=O)(=O)O.[Nd]. The second kappa shape index (κ2) is 4.43. The molecular formula is CHNNdO4S. The van der Waals surface area contributed by atoms with Gasteiger partial charge in [0, 0.05) is 40.8 Å². The Morgan fingerprint density at radius 3 is 2.00 bits per heavy atom. The van der Waals surface area contributed by atoms with Crippen LogP contribution in [0.4, 0.5) is 0 Å². The Balaban J connectivity index is 0. The molecule has 0 saturated heterocycles. The van der Waals surface area contributed by atoms with E-state index in [1.807, 2.05) is 0 Å². The van der Waals surface area contributed by atoms with Crippen LogP contribution in [0.2, 0.25) is 0 Å². The second-order valence-corrected chi connectivity index (χ2v) is 1.62. The molecule has 0 heterocycles. The maximum Gasteiger partial charge on any atom is 0.456 e. The van der Waals surface area contributed by atoms with E-state index in [-0.39, 0.29) is 40.8 Å². The van der Waals surface area contributed by atoms with Crippen LogP contribution in [0.1, 0.15) is 0 Å². The molecule has 0 fully saturated rings. The van der Waals surface area contributed by atoms with E-state index < -0.39 is 10.4 Å². The average Bonchev–Trinajstić information content (AvgIpc) is 1.30. The number of rotatable bonds is 1. The molecule has 0 atom stereocenters. The molecule has 0 amide bonds. The number of nitriles is 1. The quantitative estimate of drug-likeness (QED) is 0.501. The van der Waals surface area contributed by atoms with Crippen molar-refractivity contribution in [3.63, 3.8) is 0 Å². The molecule has 0 aliphatic rings. The Hall–Kier alpha value is 0.551. The van der Waals surface area contributed by atoms with Gasteiger partial charge >= 0.3 is 16.7 Å². The van der Waals surface area contributed by atoms with Gasteiger partial charge in [0.05, 0.1) is 0 Å². The molecule has 1 N–H and O–H groups in total. The van der Waals surface area contributed by atoms with Crippen LogP contribution < -0.4 is 0 Å². The zero-order valence-electron chi connectivity index (χ0n) is 3.53. The third-order valence-corrected chi connectivity index (χ3v) is 0.428. The van der Waals surface area contributed by atoms with Gasteiger partial charge in [0.2, 0.25) is 0 Å². The smallest absolute Gasteiger partial charge is 0.281 e. The molecule has 0 unspecified atom stereocenters. The summed E-state index contributed by atoms with van der Waals surface area (Å²) in [4.78, 5) is 0. The monoisotopic (exact) mass is 265 g/mol. The van der Waals surface area contributed by atoms with Gasteiger partial charge in [-0.3, -0.25) is 8.74 Å². The molecule has 0 saturated carbocycles. The number of hydrogen-bond acceptors (Lipinski definition) is 4. The molecule has 8 heavy (non-hydrogen) atoms. The van der Waals surface area contributed by atoms with E-state index in [9.17, 15) is 8.42 Å². The minimum Gasteiger partial charge on any atom is -0.281 e. The van der Waals surface area contributed by atoms with E-state index in [0.29, 0.717) is 0 Å². The van der Waals surface area contributed by atoms with Gasteiger partial charge in [-0.1, -0.05) is 0 Å². The average molecular weight is 267 g/mol. The fourth-order valence-corrected chi connectivity index (χ4v) is 0.141. The van der Waals surface area contributed by atoms with Gasteiger partial charge in [0.1, 0.15) is 0 Å². The van der Waals surface area contributed by atoms with Crippen molar-refractivity contribution >= 4 is 10.4 Å². The van der Waals surface area contributed by atoms with Crippen LogP contribution >= 0.6 is 0 Å². The van der Waals surface area contributed by atoms with Gasteiger partial charge in [-0.2, -0.15) is 8.42 Å². The summed E-state index contributed by atoms with van der Waals surface area (Å²) in [5, 5.41) is 7.39. The standard InChI is InChI=1S/CHNO4S.Nd/c2-1-6-7(3,4)5;/h(H,3,4,5);. The summed E-state index contributed by atoms with van der Waals surface area (Å²) < 4.78 is 29.3. The Kier molecular flexibility index (Phi) is 6.29. The van der Waals surface area contributed by atoms with Crippen molar-refractivity contribution in [1.82, 2.24) is 0 Å². The van der Waals surface area contributed by atoms with Crippen LogP contribution in [0.15, 0.2) is 0 Å². The van der Waals surface area contributed by atoms with Crippen molar-refractivity contribution in [1.29, 1.82) is 5.26 Å². The Labute approximate surface area is 79.1 Å². The van der Waals surface area contributed by atoms with Crippen LogP contribution in [-0.4, -0.2) is 13.0 Å². The van der Waals surface area contributed by atoms with Crippen molar-refractivity contribution in [3.8, 4) is 6.26 Å². The molecule has 0 rings (SSSR count). The van der Waals surface area contributed by atoms with Gasteiger partial charge in [0.25, 0.3) is 0 Å². The van der Waals surface area contributed by atoms with Crippen LogP contribution in [0.25, 0.3) is 0 Å². The first-order valence-electron chi connectivity index (χ1n) is 1.11. The summed E-state index contributed by atoms with van der Waals surface area (Å²) >= 11 is 0. The van der Waals surface area contributed by atoms with Gasteiger partial charge in [-0.25, -0.2) is 0 Å². The minimum absolute atomic E-state index is 0. The van der Waals surface area contributed by atoms with E-state index in [4.69, 9.17) is 9.81 Å². The molecule has 7 heteroatoms. The molecular weight excluding hydrogens is 266 g/mol. The molecule has 0 aliphatic heterocycles. The maximum absolute atomic E-state index is 9.34. The van der Waals surface area contributed by atoms with Crippen LogP contribution in [0.3, 0.4) is 0 Å². The molecule has 0 bridgehead atoms. The summed E-state index contributed by atoms with van der Waals surface area (Å²) in [5.74, 6) is 0. The normalized spacial score (nSPS) is 8.50. The van der Waals surface area contributed by atoms with E-state index in [1.165, 1.54) is 0 Å². The predicted octanol–water partition coefficient (Wildman–Crippen LogP) is -0.713. The summed E-state index contributed by atoms with van der Waals surface area (Å²) in [6.45, 7) is 0. The van der Waals surface area contributed by atoms with E-state index >= 15 is 0 Å². The number of hydrogen-bond donors (Lipinski definition) is 1. The zero-order chi connectivity index (χ0) is 5.91. The molecule has 5 nitrogen and oxygen atoms in total. The molecule has 0 spiro atoms. The van der Waals surface area contributed by atoms with Gasteiger partial charge in [-0.05, 0) is 0 Å². The minimum atomic E-state index is -4.54. The topological polar surface area (TPSA) is 87.4 Å². The summed E-state index contributed by atoms with van der Waals surface area (Å²) in [5.41, 5.74) is 0. The predicted molar refractivity (Wildman–Crippen MR) is 18.2 cm³/mol. The van der Waals surface area contributed by atoms with Crippen molar-refractivity contribution < 1.29 is 58.0 Å². The van der Waals surface area contributed by atoms with Gasteiger partial charge < -0.3 is 0 Å². The fourth-order valence-electron chi connectivity index (χ4n) is 0.0471. The van der Waals surface area contributed by atoms with Crippen molar-refractivity contribution in [3.05, 3.63) is 0 Å². The summed E-state index contributed by atoms with van der Waals surface area (Å²) in [6.07, 6.45) is 0.770. The first kappa shape index (κ1) is 11.4. The van der Waals surface area contributed by atoms with Crippen molar-refractivity contribution in [2.45, 2.75) is 0 Å². The Morgan fingerprint density at radius 2 is 2.00 bits per heavy atom. The first-order valence-corrected chi connectivity index (χ1v) is 2.48. The second-order valence-electron chi connectivity index (χ2n) is 0.602. The molecule has 0 aromatic rings. The largest absolute Gasteiger partial charge is 0.456 e. The van der Waals surface area contributed by atoms with Crippen LogP contribution in [-0.2, 0) is 14.6 Å². The summed E-state index contributed by atoms with van der Waals surface area (Å²) in [7, 11) is -4.54. The van der Waals surface area contributed by atoms with Crippen molar-refractivity contribution in [2.75, 3.05) is 0 Å². The molecule has 44 valence electrons. The first-order chi connectivity index (χ1) is 3.06. The summed E-state index contributed by atoms with van der Waals surface area (Å²) in [6, 6.07) is 0. The zero-order valence-corrected chi connectivity index (χ0v) is 7.55. The Bertz CT molecular complexity index is 177. The molecule has 0 aromatic heterocycles. The van der Waals surface area contributed by atoms with E-state index in [0.717, 1.165) is 6.26 Å². The van der Waals surface area contributed by atoms with Gasteiger partial charge in [-0.15, -0.1) is 5.26 Å². The Morgan fingerprint density at radius 1 is 1.62 bits per heavy atom. The van der Waals surface area contributed by atoms with Crippen molar-refractivity contribution in [2.24, 2.45) is 0 Å². The van der Waals surface area contributed by atoms with Crippen LogP contribution in [0.5, 0.6) is 0 Å². The molecule has 0 aromatic carbocycles. The third-order valence-electron chi connectivity index (χ3n) is 0.143. The van der Waals surface area contributed by atoms with Gasteiger partial charge in [0.15, 0.2) is 0 Å².